The maximum absolute atomic E-state index is 12.7. The van der Waals surface area contributed by atoms with Crippen molar-refractivity contribution in [2.75, 3.05) is 7.11 Å². The van der Waals surface area contributed by atoms with Crippen LogP contribution in [-0.4, -0.2) is 28.8 Å². The highest BCUT2D eigenvalue weighted by molar-refractivity contribution is 7.20. The number of imidazole rings is 1. The summed E-state index contributed by atoms with van der Waals surface area (Å²) in [6.07, 6.45) is 5.23. The molecular weight excluding hydrogens is 503 g/mol. The molecule has 10 heteroatoms. The standard InChI is InChI=1S/C27H26F3N3O3S/c1-35-23-12-11-21(36-27(28,29)30)13-20(23)14-31-25(34)22-15-33-16-24(37-26(33)32-22)19-9-7-18(8-10-19)17-5-3-2-4-6-17/h7-13,15-17H,2-6,14H2,1H3,(H,31,34). The van der Waals surface area contributed by atoms with Crippen molar-refractivity contribution in [2.24, 2.45) is 0 Å². The molecule has 2 heterocycles. The van der Waals surface area contributed by atoms with Crippen LogP contribution in [0.25, 0.3) is 15.4 Å². The molecule has 4 aromatic rings. The van der Waals surface area contributed by atoms with Crippen LogP contribution in [0.1, 0.15) is 59.6 Å². The van der Waals surface area contributed by atoms with Gasteiger partial charge in [0, 0.05) is 24.5 Å². The molecule has 2 aromatic heterocycles. The van der Waals surface area contributed by atoms with Gasteiger partial charge in [-0.2, -0.15) is 0 Å². The number of benzene rings is 2. The van der Waals surface area contributed by atoms with Gasteiger partial charge in [-0.3, -0.25) is 9.20 Å². The molecule has 0 saturated heterocycles. The molecule has 0 radical (unpaired) electrons. The normalized spacial score (nSPS) is 14.6. The van der Waals surface area contributed by atoms with Crippen LogP contribution in [0.3, 0.4) is 0 Å². The first-order valence-electron chi connectivity index (χ1n) is 12.1. The van der Waals surface area contributed by atoms with Crippen molar-refractivity contribution in [1.82, 2.24) is 14.7 Å². The number of carbonyl (C=O) groups is 1. The Hall–Kier alpha value is -3.53. The molecule has 2 aromatic carbocycles. The van der Waals surface area contributed by atoms with Crippen LogP contribution in [0, 0.1) is 0 Å². The summed E-state index contributed by atoms with van der Waals surface area (Å²) in [6, 6.07) is 12.4. The number of carbonyl (C=O) groups excluding carboxylic acids is 1. The monoisotopic (exact) mass is 529 g/mol. The summed E-state index contributed by atoms with van der Waals surface area (Å²) < 4.78 is 48.6. The van der Waals surface area contributed by atoms with E-state index in [9.17, 15) is 18.0 Å². The molecule has 1 aliphatic rings. The summed E-state index contributed by atoms with van der Waals surface area (Å²) in [6.45, 7) is -0.0547. The van der Waals surface area contributed by atoms with Crippen molar-refractivity contribution >= 4 is 22.2 Å². The Labute approximate surface area is 216 Å². The lowest BCUT2D eigenvalue weighted by molar-refractivity contribution is -0.274. The van der Waals surface area contributed by atoms with Gasteiger partial charge in [-0.05, 0) is 48.1 Å². The lowest BCUT2D eigenvalue weighted by Crippen LogP contribution is -2.23. The quantitative estimate of drug-likeness (QED) is 0.281. The fourth-order valence-corrected chi connectivity index (χ4v) is 5.72. The third-order valence-corrected chi connectivity index (χ3v) is 7.63. The average molecular weight is 530 g/mol. The minimum absolute atomic E-state index is 0.0547. The molecule has 37 heavy (non-hydrogen) atoms. The van der Waals surface area contributed by atoms with E-state index >= 15 is 0 Å². The van der Waals surface area contributed by atoms with E-state index in [-0.39, 0.29) is 18.0 Å². The summed E-state index contributed by atoms with van der Waals surface area (Å²) in [5, 5.41) is 2.69. The number of methoxy groups -OCH3 is 1. The van der Waals surface area contributed by atoms with Crippen molar-refractivity contribution in [3.8, 4) is 21.9 Å². The number of amides is 1. The first-order chi connectivity index (χ1) is 17.8. The molecule has 0 atom stereocenters. The fourth-order valence-electron chi connectivity index (χ4n) is 4.75. The third kappa shape index (κ3) is 5.90. The van der Waals surface area contributed by atoms with Gasteiger partial charge in [-0.1, -0.05) is 54.9 Å². The Morgan fingerprint density at radius 2 is 1.86 bits per heavy atom. The van der Waals surface area contributed by atoms with Gasteiger partial charge >= 0.3 is 6.36 Å². The molecule has 0 unspecified atom stereocenters. The highest BCUT2D eigenvalue weighted by Gasteiger charge is 2.31. The van der Waals surface area contributed by atoms with E-state index in [0.717, 1.165) is 16.5 Å². The Kier molecular flexibility index (Phi) is 7.10. The second-order valence-electron chi connectivity index (χ2n) is 9.07. The van der Waals surface area contributed by atoms with Gasteiger partial charge in [0.2, 0.25) is 0 Å². The number of halogens is 3. The number of hydrogen-bond acceptors (Lipinski definition) is 5. The van der Waals surface area contributed by atoms with Crippen LogP contribution in [-0.2, 0) is 6.54 Å². The Morgan fingerprint density at radius 3 is 2.54 bits per heavy atom. The largest absolute Gasteiger partial charge is 0.573 e. The molecule has 1 saturated carbocycles. The van der Waals surface area contributed by atoms with Gasteiger partial charge in [-0.15, -0.1) is 13.2 Å². The number of nitrogens with one attached hydrogen (secondary N) is 1. The Morgan fingerprint density at radius 1 is 1.11 bits per heavy atom. The van der Waals surface area contributed by atoms with Crippen LogP contribution >= 0.6 is 11.3 Å². The second kappa shape index (κ2) is 10.5. The molecule has 1 N–H and O–H groups in total. The lowest BCUT2D eigenvalue weighted by atomic mass is 9.84. The maximum atomic E-state index is 12.7. The van der Waals surface area contributed by atoms with Gasteiger partial charge in [0.15, 0.2) is 4.96 Å². The van der Waals surface area contributed by atoms with E-state index in [0.29, 0.717) is 22.2 Å². The third-order valence-electron chi connectivity index (χ3n) is 6.59. The zero-order valence-corrected chi connectivity index (χ0v) is 21.0. The van der Waals surface area contributed by atoms with Crippen molar-refractivity contribution in [2.45, 2.75) is 50.9 Å². The molecule has 5 rings (SSSR count). The topological polar surface area (TPSA) is 64.9 Å². The molecule has 1 amide bonds. The van der Waals surface area contributed by atoms with Crippen LogP contribution < -0.4 is 14.8 Å². The molecule has 1 fully saturated rings. The van der Waals surface area contributed by atoms with Crippen LogP contribution in [0.15, 0.2) is 54.9 Å². The summed E-state index contributed by atoms with van der Waals surface area (Å²) in [5.74, 6) is 0.154. The molecule has 0 bridgehead atoms. The fraction of sp³-hybridized carbons (Fsp3) is 0.333. The van der Waals surface area contributed by atoms with Gasteiger partial charge in [-0.25, -0.2) is 4.98 Å². The van der Waals surface area contributed by atoms with Crippen molar-refractivity contribution in [3.05, 3.63) is 71.7 Å². The molecule has 194 valence electrons. The van der Waals surface area contributed by atoms with E-state index in [1.165, 1.54) is 68.2 Å². The predicted molar refractivity (Wildman–Crippen MR) is 135 cm³/mol. The number of alkyl halides is 3. The number of rotatable bonds is 7. The summed E-state index contributed by atoms with van der Waals surface area (Å²) in [7, 11) is 1.40. The average Bonchev–Trinajstić information content (AvgIpc) is 3.47. The maximum Gasteiger partial charge on any atom is 0.573 e. The summed E-state index contributed by atoms with van der Waals surface area (Å²) >= 11 is 1.49. The summed E-state index contributed by atoms with van der Waals surface area (Å²) in [4.78, 5) is 18.9. The Balaban J connectivity index is 1.25. The first kappa shape index (κ1) is 25.1. The summed E-state index contributed by atoms with van der Waals surface area (Å²) in [5.41, 5.74) is 3.06. The van der Waals surface area contributed by atoms with Crippen molar-refractivity contribution in [1.29, 1.82) is 0 Å². The van der Waals surface area contributed by atoms with Crippen LogP contribution in [0.2, 0.25) is 0 Å². The first-order valence-corrected chi connectivity index (χ1v) is 12.9. The smallest absolute Gasteiger partial charge is 0.496 e. The highest BCUT2D eigenvalue weighted by atomic mass is 32.1. The molecule has 0 spiro atoms. The van der Waals surface area contributed by atoms with Crippen LogP contribution in [0.5, 0.6) is 11.5 Å². The number of aromatic nitrogens is 2. The Bertz CT molecular complexity index is 1360. The van der Waals surface area contributed by atoms with Gasteiger partial charge < -0.3 is 14.8 Å². The highest BCUT2D eigenvalue weighted by Crippen LogP contribution is 2.35. The van der Waals surface area contributed by atoms with E-state index in [1.807, 2.05) is 10.6 Å². The van der Waals surface area contributed by atoms with Crippen LogP contribution in [0.4, 0.5) is 13.2 Å². The molecule has 1 aliphatic carbocycles. The van der Waals surface area contributed by atoms with Crippen molar-refractivity contribution in [3.63, 3.8) is 0 Å². The number of nitrogens with zero attached hydrogens (tertiary/aromatic N) is 2. The number of fused-ring (bicyclic) bond motifs is 1. The van der Waals surface area contributed by atoms with Gasteiger partial charge in [0.25, 0.3) is 5.91 Å². The minimum atomic E-state index is -4.81. The lowest BCUT2D eigenvalue weighted by Gasteiger charge is -2.22. The second-order valence-corrected chi connectivity index (χ2v) is 10.1. The van der Waals surface area contributed by atoms with E-state index in [4.69, 9.17) is 4.74 Å². The van der Waals surface area contributed by atoms with Gasteiger partial charge in [0.05, 0.1) is 12.0 Å². The van der Waals surface area contributed by atoms with Gasteiger partial charge in [0.1, 0.15) is 17.2 Å². The minimum Gasteiger partial charge on any atom is -0.496 e. The van der Waals surface area contributed by atoms with E-state index in [2.05, 4.69) is 39.3 Å². The number of hydrogen-bond donors (Lipinski definition) is 1. The number of ether oxygens (including phenoxy) is 2. The molecule has 0 aliphatic heterocycles. The van der Waals surface area contributed by atoms with E-state index in [1.54, 1.807) is 6.20 Å². The zero-order chi connectivity index (χ0) is 26.0. The SMILES string of the molecule is COc1ccc(OC(F)(F)F)cc1CNC(=O)c1cn2cc(-c3ccc(C4CCCCC4)cc3)sc2n1. The molecule has 6 nitrogen and oxygen atoms in total. The number of thiazole rings is 1. The van der Waals surface area contributed by atoms with E-state index < -0.39 is 12.3 Å². The zero-order valence-electron chi connectivity index (χ0n) is 20.2. The predicted octanol–water partition coefficient (Wildman–Crippen LogP) is 6.95. The molecular formula is C27H26F3N3O3S. The van der Waals surface area contributed by atoms with Crippen molar-refractivity contribution < 1.29 is 27.4 Å².